The molecule has 0 saturated heterocycles. The number of hydrogen-bond acceptors (Lipinski definition) is 2. The summed E-state index contributed by atoms with van der Waals surface area (Å²) in [5.74, 6) is 0.711. The maximum atomic E-state index is 4.12. The van der Waals surface area contributed by atoms with E-state index in [-0.39, 0.29) is 0 Å². The molecular weight excluding hydrogens is 174 g/mol. The van der Waals surface area contributed by atoms with E-state index in [1.807, 2.05) is 6.20 Å². The summed E-state index contributed by atoms with van der Waals surface area (Å²) in [4.78, 5) is 0. The van der Waals surface area contributed by atoms with Gasteiger partial charge in [0.25, 0.3) is 0 Å². The molecule has 2 N–H and O–H groups in total. The normalized spacial score (nSPS) is 21.2. The van der Waals surface area contributed by atoms with Crippen molar-refractivity contribution < 1.29 is 0 Å². The Hall–Kier alpha value is -0.830. The van der Waals surface area contributed by atoms with Crippen LogP contribution in [0.25, 0.3) is 0 Å². The van der Waals surface area contributed by atoms with Gasteiger partial charge >= 0.3 is 0 Å². The molecule has 1 aromatic rings. The Labute approximate surface area is 85.3 Å². The summed E-state index contributed by atoms with van der Waals surface area (Å²) < 4.78 is 0. The van der Waals surface area contributed by atoms with E-state index in [4.69, 9.17) is 0 Å². The van der Waals surface area contributed by atoms with Crippen molar-refractivity contribution in [3.05, 3.63) is 17.5 Å². The quantitative estimate of drug-likeness (QED) is 0.771. The lowest BCUT2D eigenvalue weighted by atomic mass is 9.93. The monoisotopic (exact) mass is 193 g/mol. The predicted molar refractivity (Wildman–Crippen MR) is 57.1 cm³/mol. The van der Waals surface area contributed by atoms with Gasteiger partial charge in [-0.3, -0.25) is 5.10 Å². The third-order valence-electron chi connectivity index (χ3n) is 2.81. The van der Waals surface area contributed by atoms with Crippen molar-refractivity contribution in [3.63, 3.8) is 0 Å². The maximum Gasteiger partial charge on any atom is 0.0553 e. The molecule has 78 valence electrons. The van der Waals surface area contributed by atoms with E-state index < -0.39 is 0 Å². The van der Waals surface area contributed by atoms with E-state index in [1.54, 1.807) is 0 Å². The molecule has 1 aromatic heterocycles. The number of aromatic nitrogens is 2. The Morgan fingerprint density at radius 1 is 1.64 bits per heavy atom. The lowest BCUT2D eigenvalue weighted by Crippen LogP contribution is -2.28. The van der Waals surface area contributed by atoms with Gasteiger partial charge in [0, 0.05) is 6.04 Å². The fourth-order valence-electron chi connectivity index (χ4n) is 2.05. The Morgan fingerprint density at radius 3 is 3.29 bits per heavy atom. The first-order valence-electron chi connectivity index (χ1n) is 5.53. The summed E-state index contributed by atoms with van der Waals surface area (Å²) in [5.41, 5.74) is 2.72. The average molecular weight is 193 g/mol. The number of H-pyrrole nitrogens is 1. The van der Waals surface area contributed by atoms with Gasteiger partial charge in [-0.25, -0.2) is 0 Å². The molecule has 0 spiro atoms. The molecule has 1 atom stereocenters. The first-order chi connectivity index (χ1) is 6.77. The Kier molecular flexibility index (Phi) is 2.87. The van der Waals surface area contributed by atoms with Crippen LogP contribution in [0.5, 0.6) is 0 Å². The lowest BCUT2D eigenvalue weighted by Gasteiger charge is -2.23. The number of nitrogens with one attached hydrogen (secondary N) is 2. The maximum absolute atomic E-state index is 4.12. The fourth-order valence-corrected chi connectivity index (χ4v) is 2.05. The number of nitrogens with zero attached hydrogens (tertiary/aromatic N) is 1. The van der Waals surface area contributed by atoms with Crippen molar-refractivity contribution >= 4 is 0 Å². The van der Waals surface area contributed by atoms with Crippen LogP contribution in [0.15, 0.2) is 6.20 Å². The second kappa shape index (κ2) is 4.13. The summed E-state index contributed by atoms with van der Waals surface area (Å²) in [6.45, 7) is 5.57. The molecule has 0 saturated carbocycles. The number of hydrogen-bond donors (Lipinski definition) is 2. The van der Waals surface area contributed by atoms with Crippen molar-refractivity contribution in [3.8, 4) is 0 Å². The Balaban J connectivity index is 2.01. The number of fused-ring (bicyclic) bond motifs is 1. The number of aryl methyl sites for hydroxylation is 1. The van der Waals surface area contributed by atoms with Crippen LogP contribution in [0.3, 0.4) is 0 Å². The number of rotatable bonds is 3. The van der Waals surface area contributed by atoms with Crippen molar-refractivity contribution in [2.75, 3.05) is 6.54 Å². The van der Waals surface area contributed by atoms with Gasteiger partial charge in [0.05, 0.1) is 11.9 Å². The van der Waals surface area contributed by atoms with Gasteiger partial charge < -0.3 is 5.32 Å². The molecule has 1 aliphatic carbocycles. The molecule has 1 heterocycles. The zero-order valence-corrected chi connectivity index (χ0v) is 9.01. The molecule has 0 aliphatic heterocycles. The summed E-state index contributed by atoms with van der Waals surface area (Å²) in [5, 5.41) is 10.8. The van der Waals surface area contributed by atoms with Crippen molar-refractivity contribution in [1.29, 1.82) is 0 Å². The predicted octanol–water partition coefficient (Wildman–Crippen LogP) is 2.03. The van der Waals surface area contributed by atoms with Gasteiger partial charge in [0.2, 0.25) is 0 Å². The second-order valence-electron chi connectivity index (χ2n) is 4.56. The summed E-state index contributed by atoms with van der Waals surface area (Å²) >= 11 is 0. The third-order valence-corrected chi connectivity index (χ3v) is 2.81. The molecule has 14 heavy (non-hydrogen) atoms. The number of aromatic amines is 1. The van der Waals surface area contributed by atoms with Gasteiger partial charge in [0.15, 0.2) is 0 Å². The van der Waals surface area contributed by atoms with Crippen LogP contribution in [0.2, 0.25) is 0 Å². The molecule has 0 aromatic carbocycles. The minimum Gasteiger partial charge on any atom is -0.308 e. The lowest BCUT2D eigenvalue weighted by molar-refractivity contribution is 0.419. The van der Waals surface area contributed by atoms with Crippen LogP contribution in [0.4, 0.5) is 0 Å². The highest BCUT2D eigenvalue weighted by atomic mass is 15.1. The van der Waals surface area contributed by atoms with Gasteiger partial charge in [-0.2, -0.15) is 5.10 Å². The van der Waals surface area contributed by atoms with Gasteiger partial charge in [-0.15, -0.1) is 0 Å². The first-order valence-corrected chi connectivity index (χ1v) is 5.53. The van der Waals surface area contributed by atoms with Crippen molar-refractivity contribution in [2.45, 2.75) is 39.2 Å². The average Bonchev–Trinajstić information content (AvgIpc) is 2.62. The molecule has 0 radical (unpaired) electrons. The molecule has 0 fully saturated rings. The van der Waals surface area contributed by atoms with E-state index in [2.05, 4.69) is 29.4 Å². The van der Waals surface area contributed by atoms with Crippen LogP contribution in [-0.2, 0) is 6.42 Å². The summed E-state index contributed by atoms with van der Waals surface area (Å²) in [6.07, 6.45) is 5.68. The van der Waals surface area contributed by atoms with Crippen LogP contribution >= 0.6 is 0 Å². The Bertz CT molecular complexity index is 290. The minimum atomic E-state index is 0.503. The highest BCUT2D eigenvalue weighted by molar-refractivity contribution is 5.22. The van der Waals surface area contributed by atoms with E-state index in [0.29, 0.717) is 12.0 Å². The largest absolute Gasteiger partial charge is 0.308 e. The standard InChI is InChI=1S/C11H19N3/c1-8(2)6-12-10-5-3-4-9-7-13-14-11(9)10/h7-8,10,12H,3-6H2,1-2H3,(H,13,14). The van der Waals surface area contributed by atoms with Crippen LogP contribution in [0.1, 0.15) is 44.0 Å². The minimum absolute atomic E-state index is 0.503. The first kappa shape index (κ1) is 9.71. The van der Waals surface area contributed by atoms with E-state index in [1.165, 1.54) is 30.5 Å². The molecule has 2 rings (SSSR count). The van der Waals surface area contributed by atoms with E-state index in [0.717, 1.165) is 6.54 Å². The van der Waals surface area contributed by atoms with Gasteiger partial charge in [-0.1, -0.05) is 13.8 Å². The van der Waals surface area contributed by atoms with Crippen molar-refractivity contribution in [1.82, 2.24) is 15.5 Å². The molecule has 1 unspecified atom stereocenters. The Morgan fingerprint density at radius 2 is 2.50 bits per heavy atom. The smallest absolute Gasteiger partial charge is 0.0553 e. The van der Waals surface area contributed by atoms with Crippen LogP contribution < -0.4 is 5.32 Å². The molecule has 3 heteroatoms. The molecule has 1 aliphatic rings. The van der Waals surface area contributed by atoms with Crippen molar-refractivity contribution in [2.24, 2.45) is 5.92 Å². The highest BCUT2D eigenvalue weighted by Crippen LogP contribution is 2.27. The molecule has 0 amide bonds. The SMILES string of the molecule is CC(C)CNC1CCCc2cn[nH]c21. The molecule has 0 bridgehead atoms. The van der Waals surface area contributed by atoms with E-state index >= 15 is 0 Å². The molecule has 3 nitrogen and oxygen atoms in total. The summed E-state index contributed by atoms with van der Waals surface area (Å²) in [6, 6.07) is 0.503. The van der Waals surface area contributed by atoms with Gasteiger partial charge in [-0.05, 0) is 37.3 Å². The topological polar surface area (TPSA) is 40.7 Å². The third kappa shape index (κ3) is 1.98. The van der Waals surface area contributed by atoms with Crippen LogP contribution in [0, 0.1) is 5.92 Å². The fraction of sp³-hybridized carbons (Fsp3) is 0.727. The van der Waals surface area contributed by atoms with E-state index in [9.17, 15) is 0 Å². The molecular formula is C11H19N3. The second-order valence-corrected chi connectivity index (χ2v) is 4.56. The zero-order valence-electron chi connectivity index (χ0n) is 9.01. The highest BCUT2D eigenvalue weighted by Gasteiger charge is 2.21. The summed E-state index contributed by atoms with van der Waals surface area (Å²) in [7, 11) is 0. The van der Waals surface area contributed by atoms with Crippen LogP contribution in [-0.4, -0.2) is 16.7 Å². The van der Waals surface area contributed by atoms with Gasteiger partial charge in [0.1, 0.15) is 0 Å². The zero-order chi connectivity index (χ0) is 9.97.